The number of benzene rings is 2. The molecule has 0 bridgehead atoms. The maximum atomic E-state index is 6.08. The predicted octanol–water partition coefficient (Wildman–Crippen LogP) is 5.41. The van der Waals surface area contributed by atoms with Gasteiger partial charge in [-0.25, -0.2) is 0 Å². The molecule has 27 heavy (non-hydrogen) atoms. The molecule has 0 N–H and O–H groups in total. The van der Waals surface area contributed by atoms with E-state index in [2.05, 4.69) is 51.6 Å². The lowest BCUT2D eigenvalue weighted by molar-refractivity contribution is 0.791. The van der Waals surface area contributed by atoms with E-state index in [0.29, 0.717) is 0 Å². The first-order valence-electron chi connectivity index (χ1n) is 8.49. The number of thioether (sulfide) groups is 1. The molecule has 0 saturated carbocycles. The fourth-order valence-electron chi connectivity index (χ4n) is 2.87. The molecule has 0 saturated heterocycles. The lowest BCUT2D eigenvalue weighted by atomic mass is 10.0. The summed E-state index contributed by atoms with van der Waals surface area (Å²) in [5, 5.41) is 10.5. The van der Waals surface area contributed by atoms with Gasteiger partial charge in [-0.05, 0) is 35.4 Å². The highest BCUT2D eigenvalue weighted by molar-refractivity contribution is 7.99. The van der Waals surface area contributed by atoms with Crippen LogP contribution >= 0.6 is 23.4 Å². The SMILES string of the molecule is Cn1c(S[C@@H](c2ccccc2)c2ccc(Cl)cc2)nnc1-c1ccncc1. The van der Waals surface area contributed by atoms with Gasteiger partial charge < -0.3 is 4.57 Å². The van der Waals surface area contributed by atoms with Gasteiger partial charge in [-0.15, -0.1) is 10.2 Å². The van der Waals surface area contributed by atoms with Gasteiger partial charge in [0.05, 0.1) is 5.25 Å². The van der Waals surface area contributed by atoms with Crippen molar-refractivity contribution in [3.63, 3.8) is 0 Å². The Labute approximate surface area is 167 Å². The summed E-state index contributed by atoms with van der Waals surface area (Å²) in [4.78, 5) is 4.07. The molecule has 0 aliphatic heterocycles. The molecule has 2 aromatic carbocycles. The van der Waals surface area contributed by atoms with Crippen LogP contribution in [0.4, 0.5) is 0 Å². The zero-order valence-corrected chi connectivity index (χ0v) is 16.2. The fourth-order valence-corrected chi connectivity index (χ4v) is 4.13. The summed E-state index contributed by atoms with van der Waals surface area (Å²) in [7, 11) is 1.99. The van der Waals surface area contributed by atoms with Crippen LogP contribution in [0.3, 0.4) is 0 Å². The van der Waals surface area contributed by atoms with Gasteiger partial charge in [0.25, 0.3) is 0 Å². The van der Waals surface area contributed by atoms with E-state index in [0.717, 1.165) is 21.6 Å². The highest BCUT2D eigenvalue weighted by Gasteiger charge is 2.20. The van der Waals surface area contributed by atoms with Gasteiger partial charge in [0, 0.05) is 30.0 Å². The molecule has 0 radical (unpaired) electrons. The Morgan fingerprint density at radius 2 is 1.52 bits per heavy atom. The van der Waals surface area contributed by atoms with E-state index in [4.69, 9.17) is 11.6 Å². The summed E-state index contributed by atoms with van der Waals surface area (Å²) >= 11 is 7.75. The van der Waals surface area contributed by atoms with Crippen molar-refractivity contribution in [3.8, 4) is 11.4 Å². The molecule has 1 atom stereocenters. The number of aromatic nitrogens is 4. The van der Waals surface area contributed by atoms with Crippen LogP contribution in [0.1, 0.15) is 16.4 Å². The molecular weight excluding hydrogens is 376 g/mol. The summed E-state index contributed by atoms with van der Waals surface area (Å²) in [6, 6.07) is 22.2. The minimum absolute atomic E-state index is 0.0941. The van der Waals surface area contributed by atoms with Crippen LogP contribution in [0.2, 0.25) is 5.02 Å². The number of halogens is 1. The molecule has 0 fully saturated rings. The zero-order valence-electron chi connectivity index (χ0n) is 14.7. The summed E-state index contributed by atoms with van der Waals surface area (Å²) in [6.45, 7) is 0. The van der Waals surface area contributed by atoms with Crippen LogP contribution in [0.25, 0.3) is 11.4 Å². The Balaban J connectivity index is 1.70. The third-order valence-electron chi connectivity index (χ3n) is 4.27. The molecule has 2 aromatic heterocycles. The van der Waals surface area contributed by atoms with Crippen molar-refractivity contribution in [1.29, 1.82) is 0 Å². The van der Waals surface area contributed by atoms with Crippen LogP contribution in [0.15, 0.2) is 84.3 Å². The number of rotatable bonds is 5. The lowest BCUT2D eigenvalue weighted by Gasteiger charge is -2.17. The van der Waals surface area contributed by atoms with Crippen molar-refractivity contribution in [2.75, 3.05) is 0 Å². The first kappa shape index (κ1) is 17.8. The van der Waals surface area contributed by atoms with Crippen molar-refractivity contribution in [3.05, 3.63) is 95.3 Å². The second-order valence-electron chi connectivity index (χ2n) is 6.06. The van der Waals surface area contributed by atoms with Gasteiger partial charge in [-0.3, -0.25) is 4.98 Å². The average Bonchev–Trinajstić information content (AvgIpc) is 3.08. The van der Waals surface area contributed by atoms with E-state index in [9.17, 15) is 0 Å². The fraction of sp³-hybridized carbons (Fsp3) is 0.0952. The molecule has 0 aliphatic carbocycles. The summed E-state index contributed by atoms with van der Waals surface area (Å²) in [6.07, 6.45) is 3.52. The maximum absolute atomic E-state index is 6.08. The van der Waals surface area contributed by atoms with Crippen molar-refractivity contribution >= 4 is 23.4 Å². The minimum Gasteiger partial charge on any atom is -0.305 e. The Bertz CT molecular complexity index is 1020. The summed E-state index contributed by atoms with van der Waals surface area (Å²) in [5.41, 5.74) is 3.37. The molecule has 4 rings (SSSR count). The van der Waals surface area contributed by atoms with Crippen LogP contribution in [0.5, 0.6) is 0 Å². The smallest absolute Gasteiger partial charge is 0.192 e. The van der Waals surface area contributed by atoms with Crippen molar-refractivity contribution in [2.24, 2.45) is 7.05 Å². The second kappa shape index (κ2) is 7.94. The molecule has 4 nitrogen and oxygen atoms in total. The molecule has 134 valence electrons. The van der Waals surface area contributed by atoms with E-state index in [-0.39, 0.29) is 5.25 Å². The topological polar surface area (TPSA) is 43.6 Å². The predicted molar refractivity (Wildman–Crippen MR) is 110 cm³/mol. The minimum atomic E-state index is 0.0941. The van der Waals surface area contributed by atoms with Crippen molar-refractivity contribution in [2.45, 2.75) is 10.4 Å². The third kappa shape index (κ3) is 3.89. The van der Waals surface area contributed by atoms with Crippen LogP contribution in [-0.4, -0.2) is 19.7 Å². The Hall–Kier alpha value is -2.63. The van der Waals surface area contributed by atoms with E-state index in [1.165, 1.54) is 11.1 Å². The van der Waals surface area contributed by atoms with Gasteiger partial charge in [0.15, 0.2) is 11.0 Å². The van der Waals surface area contributed by atoms with E-state index >= 15 is 0 Å². The zero-order chi connectivity index (χ0) is 18.6. The quantitative estimate of drug-likeness (QED) is 0.426. The largest absolute Gasteiger partial charge is 0.305 e. The second-order valence-corrected chi connectivity index (χ2v) is 7.57. The highest BCUT2D eigenvalue weighted by atomic mass is 35.5. The average molecular weight is 393 g/mol. The molecule has 6 heteroatoms. The molecular formula is C21H17ClN4S. The number of hydrogen-bond acceptors (Lipinski definition) is 4. The van der Waals surface area contributed by atoms with Gasteiger partial charge in [-0.1, -0.05) is 65.8 Å². The monoisotopic (exact) mass is 392 g/mol. The Morgan fingerprint density at radius 3 is 2.22 bits per heavy atom. The molecule has 0 spiro atoms. The van der Waals surface area contributed by atoms with Crippen molar-refractivity contribution in [1.82, 2.24) is 19.7 Å². The maximum Gasteiger partial charge on any atom is 0.192 e. The summed E-state index contributed by atoms with van der Waals surface area (Å²) < 4.78 is 2.02. The number of pyridine rings is 1. The number of hydrogen-bond donors (Lipinski definition) is 0. The van der Waals surface area contributed by atoms with Gasteiger partial charge in [0.2, 0.25) is 0 Å². The van der Waals surface area contributed by atoms with Crippen LogP contribution < -0.4 is 0 Å². The lowest BCUT2D eigenvalue weighted by Crippen LogP contribution is -2.00. The first-order valence-corrected chi connectivity index (χ1v) is 9.75. The van der Waals surface area contributed by atoms with E-state index in [1.807, 2.05) is 41.9 Å². The summed E-state index contributed by atoms with van der Waals surface area (Å²) in [5.74, 6) is 0.822. The van der Waals surface area contributed by atoms with E-state index in [1.54, 1.807) is 24.2 Å². The third-order valence-corrected chi connectivity index (χ3v) is 5.87. The number of nitrogens with zero attached hydrogens (tertiary/aromatic N) is 4. The highest BCUT2D eigenvalue weighted by Crippen LogP contribution is 2.40. The Morgan fingerprint density at radius 1 is 0.852 bits per heavy atom. The van der Waals surface area contributed by atoms with Crippen LogP contribution in [-0.2, 0) is 7.05 Å². The molecule has 0 aliphatic rings. The molecule has 0 unspecified atom stereocenters. The molecule has 4 aromatic rings. The van der Waals surface area contributed by atoms with E-state index < -0.39 is 0 Å². The first-order chi connectivity index (χ1) is 13.2. The van der Waals surface area contributed by atoms with Gasteiger partial charge in [-0.2, -0.15) is 0 Å². The normalized spacial score (nSPS) is 12.1. The van der Waals surface area contributed by atoms with Gasteiger partial charge in [0.1, 0.15) is 0 Å². The standard InChI is InChI=1S/C21H17ClN4S/c1-26-20(17-11-13-23-14-12-17)24-25-21(26)27-19(15-5-3-2-4-6-15)16-7-9-18(22)10-8-16/h2-14,19H,1H3/t19-/m0/s1. The van der Waals surface area contributed by atoms with Crippen molar-refractivity contribution < 1.29 is 0 Å². The molecule has 0 amide bonds. The molecule has 2 heterocycles. The Kier molecular flexibility index (Phi) is 5.23. The van der Waals surface area contributed by atoms with Gasteiger partial charge >= 0.3 is 0 Å². The van der Waals surface area contributed by atoms with Crippen LogP contribution in [0, 0.1) is 0 Å².